The van der Waals surface area contributed by atoms with E-state index in [4.69, 9.17) is 11.6 Å². The van der Waals surface area contributed by atoms with Gasteiger partial charge in [0, 0.05) is 17.3 Å². The number of aryl methyl sites for hydroxylation is 1. The van der Waals surface area contributed by atoms with E-state index in [0.29, 0.717) is 21.6 Å². The highest BCUT2D eigenvalue weighted by Gasteiger charge is 2.14. The van der Waals surface area contributed by atoms with Crippen molar-refractivity contribution in [1.82, 2.24) is 9.13 Å². The number of fused-ring (bicyclic) bond motifs is 1. The number of anilines is 1. The number of benzene rings is 2. The van der Waals surface area contributed by atoms with Crippen LogP contribution >= 0.6 is 11.6 Å². The van der Waals surface area contributed by atoms with Gasteiger partial charge < -0.3 is 5.32 Å². The Labute approximate surface area is 154 Å². The standard InChI is InChI=1S/C19H18ClN3O3/c1-3-22-18(25)14-6-4-5-7-16(14)23(19(22)26)11-17(24)21-13-9-8-12(2)15(20)10-13/h4-10H,3,11H2,1-2H3,(H,21,24). The molecule has 7 heteroatoms. The van der Waals surface area contributed by atoms with E-state index >= 15 is 0 Å². The van der Waals surface area contributed by atoms with Crippen LogP contribution in [-0.4, -0.2) is 15.0 Å². The second kappa shape index (κ2) is 7.17. The number of para-hydroxylation sites is 1. The number of nitrogens with zero attached hydrogens (tertiary/aromatic N) is 2. The molecule has 1 heterocycles. The maximum atomic E-state index is 12.6. The number of rotatable bonds is 4. The molecule has 0 radical (unpaired) electrons. The summed E-state index contributed by atoms with van der Waals surface area (Å²) < 4.78 is 2.43. The number of halogens is 1. The minimum absolute atomic E-state index is 0.203. The van der Waals surface area contributed by atoms with Gasteiger partial charge in [-0.05, 0) is 43.7 Å². The molecule has 1 amide bonds. The fourth-order valence-electron chi connectivity index (χ4n) is 2.82. The lowest BCUT2D eigenvalue weighted by molar-refractivity contribution is -0.116. The Hall–Kier alpha value is -2.86. The van der Waals surface area contributed by atoms with Crippen LogP contribution in [0.15, 0.2) is 52.1 Å². The van der Waals surface area contributed by atoms with Crippen molar-refractivity contribution in [2.24, 2.45) is 0 Å². The lowest BCUT2D eigenvalue weighted by Gasteiger charge is -2.13. The molecule has 0 bridgehead atoms. The van der Waals surface area contributed by atoms with Crippen molar-refractivity contribution in [2.75, 3.05) is 5.32 Å². The van der Waals surface area contributed by atoms with E-state index in [9.17, 15) is 14.4 Å². The zero-order valence-electron chi connectivity index (χ0n) is 14.5. The van der Waals surface area contributed by atoms with Gasteiger partial charge in [-0.2, -0.15) is 0 Å². The van der Waals surface area contributed by atoms with Gasteiger partial charge in [-0.25, -0.2) is 4.79 Å². The third-order valence-corrected chi connectivity index (χ3v) is 4.61. The molecule has 0 unspecified atom stereocenters. The van der Waals surface area contributed by atoms with Crippen LogP contribution in [0.5, 0.6) is 0 Å². The molecule has 6 nitrogen and oxygen atoms in total. The van der Waals surface area contributed by atoms with Crippen LogP contribution in [0.25, 0.3) is 10.9 Å². The number of hydrogen-bond acceptors (Lipinski definition) is 3. The molecule has 26 heavy (non-hydrogen) atoms. The van der Waals surface area contributed by atoms with Crippen molar-refractivity contribution in [3.8, 4) is 0 Å². The van der Waals surface area contributed by atoms with Gasteiger partial charge >= 0.3 is 5.69 Å². The first-order chi connectivity index (χ1) is 12.4. The first-order valence-electron chi connectivity index (χ1n) is 8.20. The Kier molecular flexibility index (Phi) is 4.95. The van der Waals surface area contributed by atoms with Crippen LogP contribution in [0.3, 0.4) is 0 Å². The molecule has 2 aromatic carbocycles. The zero-order chi connectivity index (χ0) is 18.8. The number of amides is 1. The summed E-state index contributed by atoms with van der Waals surface area (Å²) in [5.74, 6) is -0.376. The molecule has 0 saturated carbocycles. The van der Waals surface area contributed by atoms with E-state index in [0.717, 1.165) is 10.1 Å². The highest BCUT2D eigenvalue weighted by Crippen LogP contribution is 2.20. The van der Waals surface area contributed by atoms with Gasteiger partial charge in [0.2, 0.25) is 5.91 Å². The summed E-state index contributed by atoms with van der Waals surface area (Å²) in [7, 11) is 0. The topological polar surface area (TPSA) is 73.1 Å². The van der Waals surface area contributed by atoms with Crippen molar-refractivity contribution in [3.05, 3.63) is 73.9 Å². The summed E-state index contributed by atoms with van der Waals surface area (Å²) in [6.07, 6.45) is 0. The van der Waals surface area contributed by atoms with Gasteiger partial charge in [0.05, 0.1) is 10.9 Å². The van der Waals surface area contributed by atoms with Crippen LogP contribution in [0.4, 0.5) is 5.69 Å². The molecule has 0 fully saturated rings. The molecule has 1 aromatic heterocycles. The van der Waals surface area contributed by atoms with E-state index < -0.39 is 5.69 Å². The van der Waals surface area contributed by atoms with Crippen LogP contribution < -0.4 is 16.6 Å². The van der Waals surface area contributed by atoms with Crippen LogP contribution in [0, 0.1) is 6.92 Å². The molecule has 3 aromatic rings. The van der Waals surface area contributed by atoms with Gasteiger partial charge in [-0.3, -0.25) is 18.7 Å². The normalized spacial score (nSPS) is 10.9. The molecular weight excluding hydrogens is 354 g/mol. The largest absolute Gasteiger partial charge is 0.331 e. The minimum Gasteiger partial charge on any atom is -0.324 e. The lowest BCUT2D eigenvalue weighted by Crippen LogP contribution is -2.41. The monoisotopic (exact) mass is 371 g/mol. The Morgan fingerprint density at radius 1 is 1.12 bits per heavy atom. The summed E-state index contributed by atoms with van der Waals surface area (Å²) in [6, 6.07) is 12.0. The molecule has 1 N–H and O–H groups in total. The summed E-state index contributed by atoms with van der Waals surface area (Å²) in [4.78, 5) is 37.5. The van der Waals surface area contributed by atoms with Gasteiger partial charge in [0.25, 0.3) is 5.56 Å². The molecule has 134 valence electrons. The predicted molar refractivity (Wildman–Crippen MR) is 103 cm³/mol. The average Bonchev–Trinajstić information content (AvgIpc) is 2.62. The van der Waals surface area contributed by atoms with Crippen LogP contribution in [0.1, 0.15) is 12.5 Å². The molecule has 0 aliphatic rings. The third kappa shape index (κ3) is 3.28. The first kappa shape index (κ1) is 17.9. The van der Waals surface area contributed by atoms with Crippen LogP contribution in [0.2, 0.25) is 5.02 Å². The SMILES string of the molecule is CCn1c(=O)c2ccccc2n(CC(=O)Nc2ccc(C)c(Cl)c2)c1=O. The average molecular weight is 372 g/mol. The minimum atomic E-state index is -0.506. The number of aromatic nitrogens is 2. The highest BCUT2D eigenvalue weighted by molar-refractivity contribution is 6.31. The first-order valence-corrected chi connectivity index (χ1v) is 8.58. The summed E-state index contributed by atoms with van der Waals surface area (Å²) in [6.45, 7) is 3.62. The van der Waals surface area contributed by atoms with Crippen molar-refractivity contribution < 1.29 is 4.79 Å². The molecule has 0 atom stereocenters. The van der Waals surface area contributed by atoms with E-state index in [1.807, 2.05) is 6.92 Å². The Morgan fingerprint density at radius 3 is 2.54 bits per heavy atom. The smallest absolute Gasteiger partial charge is 0.324 e. The van der Waals surface area contributed by atoms with Crippen molar-refractivity contribution >= 4 is 34.1 Å². The van der Waals surface area contributed by atoms with E-state index in [1.54, 1.807) is 49.4 Å². The zero-order valence-corrected chi connectivity index (χ0v) is 15.2. The quantitative estimate of drug-likeness (QED) is 0.766. The fraction of sp³-hybridized carbons (Fsp3) is 0.211. The van der Waals surface area contributed by atoms with Gasteiger partial charge in [0.1, 0.15) is 6.54 Å². The van der Waals surface area contributed by atoms with E-state index in [2.05, 4.69) is 5.32 Å². The Morgan fingerprint density at radius 2 is 1.85 bits per heavy atom. The van der Waals surface area contributed by atoms with Crippen LogP contribution in [-0.2, 0) is 17.9 Å². The van der Waals surface area contributed by atoms with Gasteiger partial charge in [-0.15, -0.1) is 0 Å². The van der Waals surface area contributed by atoms with E-state index in [1.165, 1.54) is 4.57 Å². The highest BCUT2D eigenvalue weighted by atomic mass is 35.5. The van der Waals surface area contributed by atoms with Crippen molar-refractivity contribution in [3.63, 3.8) is 0 Å². The molecule has 0 aliphatic heterocycles. The fourth-order valence-corrected chi connectivity index (χ4v) is 3.00. The Balaban J connectivity index is 2.00. The predicted octanol–water partition coefficient (Wildman–Crippen LogP) is 2.78. The molecule has 0 saturated heterocycles. The maximum absolute atomic E-state index is 12.6. The number of hydrogen-bond donors (Lipinski definition) is 1. The molecule has 3 rings (SSSR count). The molecule has 0 spiro atoms. The summed E-state index contributed by atoms with van der Waals surface area (Å²) >= 11 is 6.07. The van der Waals surface area contributed by atoms with Crippen molar-refractivity contribution in [2.45, 2.75) is 26.9 Å². The summed E-state index contributed by atoms with van der Waals surface area (Å²) in [5, 5.41) is 3.68. The lowest BCUT2D eigenvalue weighted by atomic mass is 10.2. The van der Waals surface area contributed by atoms with Crippen molar-refractivity contribution in [1.29, 1.82) is 0 Å². The van der Waals surface area contributed by atoms with E-state index in [-0.39, 0.29) is 24.6 Å². The molecular formula is C19H18ClN3O3. The second-order valence-corrected chi connectivity index (χ2v) is 6.35. The second-order valence-electron chi connectivity index (χ2n) is 5.95. The Bertz CT molecular complexity index is 1120. The molecule has 0 aliphatic carbocycles. The number of carbonyl (C=O) groups excluding carboxylic acids is 1. The summed E-state index contributed by atoms with van der Waals surface area (Å²) in [5.41, 5.74) is 1.03. The third-order valence-electron chi connectivity index (χ3n) is 4.21. The maximum Gasteiger partial charge on any atom is 0.331 e. The number of nitrogens with one attached hydrogen (secondary N) is 1. The van der Waals surface area contributed by atoms with Gasteiger partial charge in [0.15, 0.2) is 0 Å². The van der Waals surface area contributed by atoms with Gasteiger partial charge in [-0.1, -0.05) is 29.8 Å². The number of carbonyl (C=O) groups is 1.